The van der Waals surface area contributed by atoms with E-state index >= 15 is 0 Å². The minimum absolute atomic E-state index is 0.00215. The largest absolute Gasteiger partial charge is 0.378 e. The van der Waals surface area contributed by atoms with E-state index in [1.807, 2.05) is 0 Å². The number of carbonyl (C=O) groups excluding carboxylic acids is 4. The lowest BCUT2D eigenvalue weighted by Gasteiger charge is -2.33. The molecule has 41 heavy (non-hydrogen) atoms. The number of unbranched alkanes of at least 4 members (excludes halogenated alkanes) is 2. The van der Waals surface area contributed by atoms with Crippen molar-refractivity contribution in [1.29, 1.82) is 0 Å². The average molecular weight is 580 g/mol. The summed E-state index contributed by atoms with van der Waals surface area (Å²) in [4.78, 5) is 45.5. The summed E-state index contributed by atoms with van der Waals surface area (Å²) in [5, 5.41) is 8.15. The Morgan fingerprint density at radius 3 is 1.39 bits per heavy atom. The molecule has 0 heterocycles. The maximum Gasteiger partial charge on any atom is 0.243 e. The molecule has 0 aliphatic rings. The summed E-state index contributed by atoms with van der Waals surface area (Å²) in [6.45, 7) is 17.4. The van der Waals surface area contributed by atoms with Crippen LogP contribution in [0.4, 0.5) is 0 Å². The van der Waals surface area contributed by atoms with Gasteiger partial charge in [0, 0.05) is 52.5 Å². The molecular weight excluding hydrogens is 530 g/mol. The van der Waals surface area contributed by atoms with Gasteiger partial charge in [-0.3, -0.25) is 19.2 Å². The molecule has 0 saturated heterocycles. The molecule has 232 valence electrons. The van der Waals surface area contributed by atoms with Crippen molar-refractivity contribution < 1.29 is 38.1 Å². The molecular formula is C30H49N3O8. The molecule has 0 aromatic carbocycles. The molecule has 0 aliphatic carbocycles. The summed E-state index contributed by atoms with van der Waals surface area (Å²) in [6.07, 6.45) is 9.39. The third kappa shape index (κ3) is 22.3. The van der Waals surface area contributed by atoms with Crippen molar-refractivity contribution in [3.63, 3.8) is 0 Å². The summed E-state index contributed by atoms with van der Waals surface area (Å²) in [6, 6.07) is 0. The Hall–Kier alpha value is -3.12. The van der Waals surface area contributed by atoms with Crippen molar-refractivity contribution in [2.24, 2.45) is 0 Å². The van der Waals surface area contributed by atoms with E-state index in [2.05, 4.69) is 42.3 Å². The van der Waals surface area contributed by atoms with Gasteiger partial charge in [0.25, 0.3) is 0 Å². The molecule has 0 saturated carbocycles. The van der Waals surface area contributed by atoms with Crippen LogP contribution in [0.15, 0.2) is 50.6 Å². The molecule has 0 fully saturated rings. The van der Waals surface area contributed by atoms with E-state index in [4.69, 9.17) is 18.9 Å². The van der Waals surface area contributed by atoms with E-state index in [1.54, 1.807) is 0 Å². The summed E-state index contributed by atoms with van der Waals surface area (Å²) >= 11 is 0. The van der Waals surface area contributed by atoms with E-state index in [9.17, 15) is 19.2 Å². The lowest BCUT2D eigenvalue weighted by Crippen LogP contribution is -2.48. The van der Waals surface area contributed by atoms with Crippen molar-refractivity contribution >= 4 is 23.5 Å². The number of hydrogen-bond acceptors (Lipinski definition) is 8. The van der Waals surface area contributed by atoms with E-state index in [-0.39, 0.29) is 43.3 Å². The molecule has 0 aromatic rings. The highest BCUT2D eigenvalue weighted by atomic mass is 16.6. The van der Waals surface area contributed by atoms with Gasteiger partial charge in [-0.05, 0) is 62.8 Å². The topological polar surface area (TPSA) is 141 Å². The van der Waals surface area contributed by atoms with Crippen LogP contribution in [0.5, 0.6) is 0 Å². The fraction of sp³-hybridized carbons (Fsp3) is 0.600. The average Bonchev–Trinajstić information content (AvgIpc) is 2.99. The Bertz CT molecular complexity index is 682. The minimum atomic E-state index is -0.907. The van der Waals surface area contributed by atoms with Crippen LogP contribution in [0.3, 0.4) is 0 Å². The zero-order chi connectivity index (χ0) is 30.6. The van der Waals surface area contributed by atoms with E-state index in [0.717, 1.165) is 0 Å². The van der Waals surface area contributed by atoms with Gasteiger partial charge in [0.2, 0.25) is 17.7 Å². The monoisotopic (exact) mass is 579 g/mol. The third-order valence-corrected chi connectivity index (χ3v) is 5.65. The van der Waals surface area contributed by atoms with Gasteiger partial charge >= 0.3 is 0 Å². The zero-order valence-electron chi connectivity index (χ0n) is 24.4. The number of allylic oxidation sites excluding steroid dienone is 1. The van der Waals surface area contributed by atoms with E-state index in [1.165, 1.54) is 24.3 Å². The van der Waals surface area contributed by atoms with Gasteiger partial charge in [0.05, 0.1) is 19.8 Å². The lowest BCUT2D eigenvalue weighted by molar-refractivity contribution is -0.167. The predicted octanol–water partition coefficient (Wildman–Crippen LogP) is 2.18. The van der Waals surface area contributed by atoms with Gasteiger partial charge < -0.3 is 34.9 Å². The predicted molar refractivity (Wildman–Crippen MR) is 158 cm³/mol. The summed E-state index contributed by atoms with van der Waals surface area (Å²) in [5.41, 5.74) is -0.907. The fourth-order valence-electron chi connectivity index (χ4n) is 3.35. The second-order valence-corrected chi connectivity index (χ2v) is 9.22. The van der Waals surface area contributed by atoms with Gasteiger partial charge in [-0.15, -0.1) is 0 Å². The van der Waals surface area contributed by atoms with Crippen molar-refractivity contribution in [1.82, 2.24) is 16.0 Å². The van der Waals surface area contributed by atoms with Gasteiger partial charge in [0.15, 0.2) is 5.78 Å². The van der Waals surface area contributed by atoms with Crippen LogP contribution in [0.25, 0.3) is 0 Å². The molecule has 0 aromatic heterocycles. The van der Waals surface area contributed by atoms with Crippen LogP contribution in [-0.2, 0) is 38.1 Å². The number of ether oxygens (including phenoxy) is 4. The zero-order valence-corrected chi connectivity index (χ0v) is 24.4. The molecule has 11 nitrogen and oxygen atoms in total. The lowest BCUT2D eigenvalue weighted by atomic mass is 10.1. The highest BCUT2D eigenvalue weighted by Crippen LogP contribution is 2.17. The van der Waals surface area contributed by atoms with Crippen LogP contribution in [0, 0.1) is 0 Å². The fourth-order valence-corrected chi connectivity index (χ4v) is 3.35. The summed E-state index contributed by atoms with van der Waals surface area (Å²) in [7, 11) is 0. The van der Waals surface area contributed by atoms with Gasteiger partial charge in [-0.2, -0.15) is 0 Å². The first-order valence-electron chi connectivity index (χ1n) is 14.1. The molecule has 3 amide bonds. The Morgan fingerprint density at radius 2 is 0.951 bits per heavy atom. The summed E-state index contributed by atoms with van der Waals surface area (Å²) < 4.78 is 24.1. The molecule has 0 unspecified atom stereocenters. The second kappa shape index (κ2) is 25.8. The maximum atomic E-state index is 11.5. The Kier molecular flexibility index (Phi) is 23.9. The van der Waals surface area contributed by atoms with Crippen molar-refractivity contribution in [2.45, 2.75) is 50.5 Å². The highest BCUT2D eigenvalue weighted by molar-refractivity contribution is 5.89. The van der Waals surface area contributed by atoms with Gasteiger partial charge in [-0.25, -0.2) is 0 Å². The maximum absolute atomic E-state index is 11.5. The van der Waals surface area contributed by atoms with Crippen LogP contribution in [0.1, 0.15) is 44.9 Å². The Balaban J connectivity index is 5.08. The molecule has 0 aliphatic heterocycles. The molecule has 0 bridgehead atoms. The van der Waals surface area contributed by atoms with Crippen LogP contribution in [-0.4, -0.2) is 95.0 Å². The number of rotatable bonds is 29. The highest BCUT2D eigenvalue weighted by Gasteiger charge is 2.33. The third-order valence-electron chi connectivity index (χ3n) is 5.65. The standard InChI is InChI=1S/C30H49N3O8/c1-5-26(34)15-9-11-19-38-23-30(24-39-20-13-17-32-28(36)7-3,25-40-21-14-18-33-29(37)8-4)41-22-12-10-16-31-27(35)6-2/h5-8H,1-4,9-25H2,(H,31,35)(H,32,36)(H,33,37). The van der Waals surface area contributed by atoms with Crippen molar-refractivity contribution in [3.8, 4) is 0 Å². The SMILES string of the molecule is C=CC(=O)CCCCOCC(COCCCNC(=O)C=C)(COCCCNC(=O)C=C)OCCCCNC(=O)C=C. The molecule has 0 rings (SSSR count). The normalized spacial score (nSPS) is 10.8. The molecule has 0 radical (unpaired) electrons. The van der Waals surface area contributed by atoms with Crippen LogP contribution < -0.4 is 16.0 Å². The molecule has 0 atom stereocenters. The quantitative estimate of drug-likeness (QED) is 0.0905. The summed E-state index contributed by atoms with van der Waals surface area (Å²) in [5.74, 6) is -0.707. The number of carbonyl (C=O) groups is 4. The number of hydrogen-bond donors (Lipinski definition) is 3. The van der Waals surface area contributed by atoms with Crippen molar-refractivity contribution in [2.75, 3.05) is 65.9 Å². The van der Waals surface area contributed by atoms with Gasteiger partial charge in [-0.1, -0.05) is 26.3 Å². The van der Waals surface area contributed by atoms with Crippen LogP contribution >= 0.6 is 0 Å². The molecule has 11 heteroatoms. The van der Waals surface area contributed by atoms with Crippen molar-refractivity contribution in [3.05, 3.63) is 50.6 Å². The second-order valence-electron chi connectivity index (χ2n) is 9.22. The molecule has 3 N–H and O–H groups in total. The molecule has 0 spiro atoms. The van der Waals surface area contributed by atoms with Gasteiger partial charge in [0.1, 0.15) is 5.60 Å². The minimum Gasteiger partial charge on any atom is -0.378 e. The Morgan fingerprint density at radius 1 is 0.537 bits per heavy atom. The number of nitrogens with one attached hydrogen (secondary N) is 3. The first-order valence-corrected chi connectivity index (χ1v) is 14.1. The number of ketones is 1. The number of amides is 3. The smallest absolute Gasteiger partial charge is 0.243 e. The van der Waals surface area contributed by atoms with E-state index in [0.29, 0.717) is 91.0 Å². The van der Waals surface area contributed by atoms with Crippen LogP contribution in [0.2, 0.25) is 0 Å². The first-order chi connectivity index (χ1) is 19.8. The first kappa shape index (κ1) is 37.9. The Labute approximate surface area is 244 Å². The van der Waals surface area contributed by atoms with E-state index < -0.39 is 5.60 Å².